The molecule has 1 fully saturated rings. The maximum absolute atomic E-state index is 12.9. The predicted molar refractivity (Wildman–Crippen MR) is 107 cm³/mol. The van der Waals surface area contributed by atoms with Crippen LogP contribution in [0.4, 0.5) is 4.39 Å². The maximum Gasteiger partial charge on any atom is 0.223 e. The quantitative estimate of drug-likeness (QED) is 0.336. The van der Waals surface area contributed by atoms with E-state index < -0.39 is 0 Å². The van der Waals surface area contributed by atoms with Gasteiger partial charge >= 0.3 is 0 Å². The van der Waals surface area contributed by atoms with Gasteiger partial charge in [-0.25, -0.2) is 4.39 Å². The van der Waals surface area contributed by atoms with Crippen molar-refractivity contribution in [1.82, 2.24) is 10.2 Å². The Hall–Kier alpha value is -2.64. The minimum Gasteiger partial charge on any atom is -0.370 e. The molecule has 5 N–H and O–H groups in total. The zero-order chi connectivity index (χ0) is 20.4. The molecule has 1 aromatic carbocycles. The molecule has 0 bridgehead atoms. The summed E-state index contributed by atoms with van der Waals surface area (Å²) in [6, 6.07) is 6.08. The van der Waals surface area contributed by atoms with Gasteiger partial charge < -0.3 is 21.7 Å². The number of hydrogen-bond donors (Lipinski definition) is 3. The normalized spacial score (nSPS) is 14.5. The van der Waals surface area contributed by atoms with Crippen LogP contribution in [0.5, 0.6) is 0 Å². The number of hydrogen-bond acceptors (Lipinski definition) is 3. The van der Waals surface area contributed by atoms with Crippen molar-refractivity contribution in [3.05, 3.63) is 35.6 Å². The number of benzene rings is 1. The van der Waals surface area contributed by atoms with E-state index in [9.17, 15) is 14.0 Å². The molecule has 8 heteroatoms. The van der Waals surface area contributed by atoms with E-state index in [0.29, 0.717) is 45.4 Å². The average Bonchev–Trinajstić information content (AvgIpc) is 2.69. The summed E-state index contributed by atoms with van der Waals surface area (Å²) in [7, 11) is 0. The number of unbranched alkanes of at least 4 members (excludes halogenated alkanes) is 2. The number of nitrogens with two attached hydrogens (primary N) is 2. The Kier molecular flexibility index (Phi) is 8.71. The molecular weight excluding hydrogens is 361 g/mol. The van der Waals surface area contributed by atoms with E-state index in [1.165, 1.54) is 12.1 Å². The Bertz CT molecular complexity index is 666. The SMILES string of the molecule is NC(N)=NCCCCCC(=O)N1CCC(C(=O)NCc2ccc(F)cc2)CC1. The van der Waals surface area contributed by atoms with Gasteiger partial charge in [0.1, 0.15) is 5.82 Å². The molecule has 2 amide bonds. The third-order valence-electron chi connectivity index (χ3n) is 4.94. The zero-order valence-electron chi connectivity index (χ0n) is 16.2. The van der Waals surface area contributed by atoms with Gasteiger partial charge in [-0.1, -0.05) is 18.6 Å². The van der Waals surface area contributed by atoms with Crippen LogP contribution >= 0.6 is 0 Å². The Labute approximate surface area is 165 Å². The van der Waals surface area contributed by atoms with Crippen LogP contribution in [-0.2, 0) is 16.1 Å². The third kappa shape index (κ3) is 7.54. The molecular formula is C20H30FN5O2. The number of rotatable bonds is 9. The fraction of sp³-hybridized carbons (Fsp3) is 0.550. The van der Waals surface area contributed by atoms with Crippen molar-refractivity contribution in [2.45, 2.75) is 45.1 Å². The highest BCUT2D eigenvalue weighted by molar-refractivity contribution is 5.80. The van der Waals surface area contributed by atoms with Crippen molar-refractivity contribution in [2.75, 3.05) is 19.6 Å². The van der Waals surface area contributed by atoms with Gasteiger partial charge in [-0.2, -0.15) is 0 Å². The second-order valence-corrected chi connectivity index (χ2v) is 7.12. The lowest BCUT2D eigenvalue weighted by molar-refractivity contribution is -0.135. The van der Waals surface area contributed by atoms with Crippen LogP contribution in [0.2, 0.25) is 0 Å². The number of nitrogens with zero attached hydrogens (tertiary/aromatic N) is 2. The fourth-order valence-electron chi connectivity index (χ4n) is 3.26. The number of nitrogens with one attached hydrogen (secondary N) is 1. The highest BCUT2D eigenvalue weighted by atomic mass is 19.1. The molecule has 0 aromatic heterocycles. The van der Waals surface area contributed by atoms with Crippen molar-refractivity contribution in [3.8, 4) is 0 Å². The lowest BCUT2D eigenvalue weighted by Gasteiger charge is -2.31. The van der Waals surface area contributed by atoms with Gasteiger partial charge in [0.2, 0.25) is 11.8 Å². The van der Waals surface area contributed by atoms with Crippen LogP contribution < -0.4 is 16.8 Å². The summed E-state index contributed by atoms with van der Waals surface area (Å²) in [5.74, 6) is -0.131. The number of halogens is 1. The Morgan fingerprint density at radius 1 is 1.11 bits per heavy atom. The van der Waals surface area contributed by atoms with Gasteiger partial charge in [-0.05, 0) is 43.4 Å². The molecule has 28 heavy (non-hydrogen) atoms. The molecule has 0 saturated carbocycles. The summed E-state index contributed by atoms with van der Waals surface area (Å²) in [6.07, 6.45) is 4.45. The van der Waals surface area contributed by atoms with E-state index in [-0.39, 0.29) is 29.5 Å². The summed E-state index contributed by atoms with van der Waals surface area (Å²) in [5, 5.41) is 2.90. The van der Waals surface area contributed by atoms with Crippen molar-refractivity contribution in [1.29, 1.82) is 0 Å². The summed E-state index contributed by atoms with van der Waals surface area (Å²) in [4.78, 5) is 30.4. The largest absolute Gasteiger partial charge is 0.370 e. The Morgan fingerprint density at radius 2 is 1.79 bits per heavy atom. The minimum absolute atomic E-state index is 0.00356. The summed E-state index contributed by atoms with van der Waals surface area (Å²) >= 11 is 0. The van der Waals surface area contributed by atoms with Gasteiger partial charge in [0, 0.05) is 38.5 Å². The third-order valence-corrected chi connectivity index (χ3v) is 4.94. The standard InChI is InChI=1S/C20H30FN5O2/c21-17-7-5-15(6-8-17)14-25-19(28)16-9-12-26(13-10-16)18(27)4-2-1-3-11-24-20(22)23/h5-8,16H,1-4,9-14H2,(H,25,28)(H4,22,23,24). The maximum atomic E-state index is 12.9. The van der Waals surface area contributed by atoms with Gasteiger partial charge in [-0.3, -0.25) is 14.6 Å². The minimum atomic E-state index is -0.291. The monoisotopic (exact) mass is 391 g/mol. The number of guanidine groups is 1. The van der Waals surface area contributed by atoms with Gasteiger partial charge in [0.05, 0.1) is 0 Å². The van der Waals surface area contributed by atoms with Crippen molar-refractivity contribution in [2.24, 2.45) is 22.4 Å². The number of carbonyl (C=O) groups is 2. The molecule has 0 unspecified atom stereocenters. The molecule has 154 valence electrons. The number of piperidine rings is 1. The van der Waals surface area contributed by atoms with E-state index in [0.717, 1.165) is 24.8 Å². The van der Waals surface area contributed by atoms with E-state index >= 15 is 0 Å². The Balaban J connectivity index is 1.61. The molecule has 0 spiro atoms. The number of amides is 2. The molecule has 1 aliphatic rings. The van der Waals surface area contributed by atoms with Crippen LogP contribution in [0, 0.1) is 11.7 Å². The summed E-state index contributed by atoms with van der Waals surface area (Å²) < 4.78 is 12.9. The van der Waals surface area contributed by atoms with Crippen molar-refractivity contribution >= 4 is 17.8 Å². The first-order valence-corrected chi connectivity index (χ1v) is 9.81. The molecule has 7 nitrogen and oxygen atoms in total. The highest BCUT2D eigenvalue weighted by Crippen LogP contribution is 2.19. The molecule has 0 radical (unpaired) electrons. The van der Waals surface area contributed by atoms with E-state index in [1.807, 2.05) is 4.90 Å². The van der Waals surface area contributed by atoms with Crippen LogP contribution in [0.1, 0.15) is 44.1 Å². The summed E-state index contributed by atoms with van der Waals surface area (Å²) in [5.41, 5.74) is 11.4. The Morgan fingerprint density at radius 3 is 2.43 bits per heavy atom. The molecule has 1 aromatic rings. The van der Waals surface area contributed by atoms with Crippen LogP contribution in [0.25, 0.3) is 0 Å². The molecule has 0 aliphatic carbocycles. The van der Waals surface area contributed by atoms with Crippen LogP contribution in [0.3, 0.4) is 0 Å². The number of aliphatic imine (C=N–C) groups is 1. The molecule has 2 rings (SSSR count). The van der Waals surface area contributed by atoms with Gasteiger partial charge in [0.25, 0.3) is 0 Å². The molecule has 1 aliphatic heterocycles. The zero-order valence-corrected chi connectivity index (χ0v) is 16.2. The summed E-state index contributed by atoms with van der Waals surface area (Å²) in [6.45, 7) is 2.20. The number of likely N-dealkylation sites (tertiary alicyclic amines) is 1. The number of carbonyl (C=O) groups excluding carboxylic acids is 2. The van der Waals surface area contributed by atoms with Gasteiger partial charge in [0.15, 0.2) is 5.96 Å². The van der Waals surface area contributed by atoms with Gasteiger partial charge in [-0.15, -0.1) is 0 Å². The topological polar surface area (TPSA) is 114 Å². The van der Waals surface area contributed by atoms with Crippen LogP contribution in [0.15, 0.2) is 29.3 Å². The lowest BCUT2D eigenvalue weighted by atomic mass is 9.95. The van der Waals surface area contributed by atoms with Crippen molar-refractivity contribution < 1.29 is 14.0 Å². The smallest absolute Gasteiger partial charge is 0.223 e. The first-order chi connectivity index (χ1) is 13.5. The van der Waals surface area contributed by atoms with E-state index in [4.69, 9.17) is 11.5 Å². The molecule has 0 atom stereocenters. The molecule has 1 heterocycles. The fourth-order valence-corrected chi connectivity index (χ4v) is 3.26. The second-order valence-electron chi connectivity index (χ2n) is 7.12. The molecule has 1 saturated heterocycles. The van der Waals surface area contributed by atoms with Crippen LogP contribution in [-0.4, -0.2) is 42.3 Å². The first kappa shape index (κ1) is 21.7. The van der Waals surface area contributed by atoms with E-state index in [2.05, 4.69) is 10.3 Å². The first-order valence-electron chi connectivity index (χ1n) is 9.81. The van der Waals surface area contributed by atoms with E-state index in [1.54, 1.807) is 12.1 Å². The average molecular weight is 391 g/mol. The second kappa shape index (κ2) is 11.3. The van der Waals surface area contributed by atoms with Crippen molar-refractivity contribution in [3.63, 3.8) is 0 Å². The lowest BCUT2D eigenvalue weighted by Crippen LogP contribution is -2.42. The highest BCUT2D eigenvalue weighted by Gasteiger charge is 2.26. The predicted octanol–water partition coefficient (Wildman–Crippen LogP) is 1.51.